The third kappa shape index (κ3) is 2.84. The second kappa shape index (κ2) is 5.63. The molecule has 1 nitrogen and oxygen atoms in total. The molecule has 2 heteroatoms. The number of rotatable bonds is 2. The summed E-state index contributed by atoms with van der Waals surface area (Å²) in [6.45, 7) is 0. The van der Waals surface area contributed by atoms with E-state index in [0.29, 0.717) is 0 Å². The Balaban J connectivity index is 1.93. The standard InChI is InChI=1S/C17H18IN/c18-16-7-3-6-14(11-16)17(19)15-9-8-12-4-1-2-5-13(12)10-15/h3,6-11,17H,1-2,4-5,19H2. The lowest BCUT2D eigenvalue weighted by Crippen LogP contribution is -2.13. The second-order valence-electron chi connectivity index (χ2n) is 5.27. The van der Waals surface area contributed by atoms with Crippen LogP contribution in [-0.2, 0) is 12.8 Å². The van der Waals surface area contributed by atoms with Gasteiger partial charge in [0.2, 0.25) is 0 Å². The van der Waals surface area contributed by atoms with Crippen molar-refractivity contribution in [3.63, 3.8) is 0 Å². The SMILES string of the molecule is NC(c1cccc(I)c1)c1ccc2c(c1)CCCC2. The molecule has 0 spiro atoms. The van der Waals surface area contributed by atoms with Crippen LogP contribution < -0.4 is 5.73 Å². The lowest BCUT2D eigenvalue weighted by molar-refractivity contribution is 0.682. The Morgan fingerprint density at radius 2 is 1.63 bits per heavy atom. The van der Waals surface area contributed by atoms with Gasteiger partial charge in [-0.05, 0) is 82.7 Å². The minimum absolute atomic E-state index is 0.0121. The lowest BCUT2D eigenvalue weighted by atomic mass is 9.88. The van der Waals surface area contributed by atoms with E-state index in [2.05, 4.69) is 65.1 Å². The second-order valence-corrected chi connectivity index (χ2v) is 6.51. The monoisotopic (exact) mass is 363 g/mol. The van der Waals surface area contributed by atoms with E-state index in [1.165, 1.54) is 51.5 Å². The maximum atomic E-state index is 6.41. The van der Waals surface area contributed by atoms with E-state index < -0.39 is 0 Å². The van der Waals surface area contributed by atoms with Crippen molar-refractivity contribution in [2.75, 3.05) is 0 Å². The number of hydrogen-bond donors (Lipinski definition) is 1. The van der Waals surface area contributed by atoms with Crippen LogP contribution in [-0.4, -0.2) is 0 Å². The van der Waals surface area contributed by atoms with E-state index in [1.807, 2.05) is 0 Å². The molecule has 0 saturated carbocycles. The Bertz CT molecular complexity index is 592. The fraction of sp³-hybridized carbons (Fsp3) is 0.294. The molecule has 0 fully saturated rings. The molecule has 1 atom stereocenters. The summed E-state index contributed by atoms with van der Waals surface area (Å²) in [6.07, 6.45) is 5.08. The highest BCUT2D eigenvalue weighted by Crippen LogP contribution is 2.27. The molecular formula is C17H18IN. The summed E-state index contributed by atoms with van der Waals surface area (Å²) >= 11 is 2.34. The fourth-order valence-electron chi connectivity index (χ4n) is 2.84. The largest absolute Gasteiger partial charge is 0.320 e. The summed E-state index contributed by atoms with van der Waals surface area (Å²) in [7, 11) is 0. The maximum absolute atomic E-state index is 6.41. The van der Waals surface area contributed by atoms with Gasteiger partial charge in [0.15, 0.2) is 0 Å². The highest BCUT2D eigenvalue weighted by molar-refractivity contribution is 14.1. The third-order valence-electron chi connectivity index (χ3n) is 3.94. The van der Waals surface area contributed by atoms with Gasteiger partial charge >= 0.3 is 0 Å². The van der Waals surface area contributed by atoms with Crippen molar-refractivity contribution in [3.8, 4) is 0 Å². The zero-order valence-electron chi connectivity index (χ0n) is 10.9. The first-order valence-corrected chi connectivity index (χ1v) is 7.94. The molecule has 0 amide bonds. The van der Waals surface area contributed by atoms with E-state index >= 15 is 0 Å². The van der Waals surface area contributed by atoms with Crippen LogP contribution in [0, 0.1) is 3.57 Å². The number of nitrogens with two attached hydrogens (primary N) is 1. The van der Waals surface area contributed by atoms with Crippen LogP contribution in [0.5, 0.6) is 0 Å². The smallest absolute Gasteiger partial charge is 0.0552 e. The molecule has 1 unspecified atom stereocenters. The molecule has 19 heavy (non-hydrogen) atoms. The van der Waals surface area contributed by atoms with Crippen LogP contribution in [0.2, 0.25) is 0 Å². The van der Waals surface area contributed by atoms with Crippen LogP contribution in [0.4, 0.5) is 0 Å². The molecule has 0 aromatic heterocycles. The highest BCUT2D eigenvalue weighted by Gasteiger charge is 2.14. The molecule has 0 heterocycles. The lowest BCUT2D eigenvalue weighted by Gasteiger charge is -2.19. The van der Waals surface area contributed by atoms with E-state index in [1.54, 1.807) is 0 Å². The molecular weight excluding hydrogens is 345 g/mol. The number of hydrogen-bond acceptors (Lipinski definition) is 1. The summed E-state index contributed by atoms with van der Waals surface area (Å²) in [6, 6.07) is 15.3. The molecule has 2 aromatic carbocycles. The van der Waals surface area contributed by atoms with Crippen LogP contribution in [0.25, 0.3) is 0 Å². The molecule has 98 valence electrons. The maximum Gasteiger partial charge on any atom is 0.0552 e. The minimum atomic E-state index is -0.0121. The van der Waals surface area contributed by atoms with Crippen LogP contribution in [0.15, 0.2) is 42.5 Å². The zero-order valence-corrected chi connectivity index (χ0v) is 13.1. The van der Waals surface area contributed by atoms with Crippen LogP contribution in [0.3, 0.4) is 0 Å². The van der Waals surface area contributed by atoms with Crippen molar-refractivity contribution in [3.05, 3.63) is 68.3 Å². The summed E-state index contributed by atoms with van der Waals surface area (Å²) in [5, 5.41) is 0. The Morgan fingerprint density at radius 3 is 2.42 bits per heavy atom. The number of fused-ring (bicyclic) bond motifs is 1. The summed E-state index contributed by atoms with van der Waals surface area (Å²) < 4.78 is 1.24. The van der Waals surface area contributed by atoms with Crippen molar-refractivity contribution < 1.29 is 0 Å². The highest BCUT2D eigenvalue weighted by atomic mass is 127. The predicted molar refractivity (Wildman–Crippen MR) is 88.3 cm³/mol. The topological polar surface area (TPSA) is 26.0 Å². The summed E-state index contributed by atoms with van der Waals surface area (Å²) in [4.78, 5) is 0. The van der Waals surface area contributed by atoms with Crippen molar-refractivity contribution in [1.82, 2.24) is 0 Å². The van der Waals surface area contributed by atoms with E-state index in [9.17, 15) is 0 Å². The van der Waals surface area contributed by atoms with Crippen molar-refractivity contribution in [2.45, 2.75) is 31.7 Å². The fourth-order valence-corrected chi connectivity index (χ4v) is 3.41. The van der Waals surface area contributed by atoms with Gasteiger partial charge in [0.1, 0.15) is 0 Å². The summed E-state index contributed by atoms with van der Waals surface area (Å²) in [5.74, 6) is 0. The zero-order chi connectivity index (χ0) is 13.2. The molecule has 1 aliphatic rings. The molecule has 0 saturated heterocycles. The average molecular weight is 363 g/mol. The van der Waals surface area contributed by atoms with Gasteiger partial charge in [-0.15, -0.1) is 0 Å². The first kappa shape index (κ1) is 13.1. The van der Waals surface area contributed by atoms with Gasteiger partial charge in [0.25, 0.3) is 0 Å². The van der Waals surface area contributed by atoms with Gasteiger partial charge in [-0.2, -0.15) is 0 Å². The Hall–Kier alpha value is -0.870. The number of benzene rings is 2. The molecule has 1 aliphatic carbocycles. The van der Waals surface area contributed by atoms with Crippen molar-refractivity contribution in [1.29, 1.82) is 0 Å². The third-order valence-corrected chi connectivity index (χ3v) is 4.61. The first-order valence-electron chi connectivity index (χ1n) is 6.87. The van der Waals surface area contributed by atoms with Crippen molar-refractivity contribution in [2.24, 2.45) is 5.73 Å². The predicted octanol–water partition coefficient (Wildman–Crippen LogP) is 4.22. The average Bonchev–Trinajstić information content (AvgIpc) is 2.46. The Morgan fingerprint density at radius 1 is 0.895 bits per heavy atom. The molecule has 0 bridgehead atoms. The van der Waals surface area contributed by atoms with Gasteiger partial charge in [0.05, 0.1) is 6.04 Å². The van der Waals surface area contributed by atoms with Crippen molar-refractivity contribution >= 4 is 22.6 Å². The molecule has 0 aliphatic heterocycles. The van der Waals surface area contributed by atoms with Crippen LogP contribution in [0.1, 0.15) is 41.1 Å². The van der Waals surface area contributed by atoms with Gasteiger partial charge < -0.3 is 5.73 Å². The first-order chi connectivity index (χ1) is 9.24. The van der Waals surface area contributed by atoms with E-state index in [-0.39, 0.29) is 6.04 Å². The number of halogens is 1. The molecule has 2 aromatic rings. The van der Waals surface area contributed by atoms with Gasteiger partial charge in [-0.3, -0.25) is 0 Å². The molecule has 3 rings (SSSR count). The van der Waals surface area contributed by atoms with E-state index in [0.717, 1.165) is 0 Å². The minimum Gasteiger partial charge on any atom is -0.320 e. The quantitative estimate of drug-likeness (QED) is 0.795. The number of aryl methyl sites for hydroxylation is 2. The normalized spacial score (nSPS) is 15.9. The van der Waals surface area contributed by atoms with Gasteiger partial charge in [-0.1, -0.05) is 30.3 Å². The van der Waals surface area contributed by atoms with Gasteiger partial charge in [-0.25, -0.2) is 0 Å². The Labute approximate surface area is 128 Å². The molecule has 0 radical (unpaired) electrons. The van der Waals surface area contributed by atoms with Gasteiger partial charge in [0, 0.05) is 3.57 Å². The van der Waals surface area contributed by atoms with Crippen LogP contribution >= 0.6 is 22.6 Å². The Kier molecular flexibility index (Phi) is 3.89. The summed E-state index contributed by atoms with van der Waals surface area (Å²) in [5.41, 5.74) is 11.9. The molecule has 2 N–H and O–H groups in total. The van der Waals surface area contributed by atoms with E-state index in [4.69, 9.17) is 5.73 Å².